The number of rotatable bonds is 8. The van der Waals surface area contributed by atoms with Crippen LogP contribution >= 0.6 is 0 Å². The molecule has 5 nitrogen and oxygen atoms in total. The normalized spacial score (nSPS) is 9.67. The fourth-order valence-corrected chi connectivity index (χ4v) is 1.43. The highest BCUT2D eigenvalue weighted by Crippen LogP contribution is 2.17. The van der Waals surface area contributed by atoms with Gasteiger partial charge < -0.3 is 19.5 Å². The molecular weight excluding hydrogens is 270 g/mol. The zero-order valence-electron chi connectivity index (χ0n) is 12.8. The van der Waals surface area contributed by atoms with Gasteiger partial charge in [0.05, 0.1) is 0 Å². The number of amides is 1. The van der Waals surface area contributed by atoms with Gasteiger partial charge in [-0.1, -0.05) is 5.57 Å². The minimum atomic E-state index is -0.427. The lowest BCUT2D eigenvalue weighted by atomic mass is 10.3. The summed E-state index contributed by atoms with van der Waals surface area (Å²) < 4.78 is 15.9. The molecule has 1 aromatic carbocycles. The third-order valence-corrected chi connectivity index (χ3v) is 2.47. The molecule has 0 aliphatic carbocycles. The highest BCUT2D eigenvalue weighted by molar-refractivity contribution is 5.66. The lowest BCUT2D eigenvalue weighted by Crippen LogP contribution is -2.25. The number of nitrogens with one attached hydrogen (secondary N) is 1. The van der Waals surface area contributed by atoms with E-state index >= 15 is 0 Å². The van der Waals surface area contributed by atoms with Crippen LogP contribution in [0.5, 0.6) is 11.5 Å². The average molecular weight is 293 g/mol. The number of hydrogen-bond acceptors (Lipinski definition) is 4. The molecule has 1 aromatic rings. The first kappa shape index (κ1) is 16.9. The van der Waals surface area contributed by atoms with Crippen molar-refractivity contribution in [2.24, 2.45) is 0 Å². The minimum Gasteiger partial charge on any atom is -0.490 e. The molecule has 0 saturated carbocycles. The van der Waals surface area contributed by atoms with E-state index in [4.69, 9.17) is 14.2 Å². The van der Waals surface area contributed by atoms with Gasteiger partial charge in [-0.05, 0) is 51.1 Å². The van der Waals surface area contributed by atoms with E-state index in [1.165, 1.54) is 5.57 Å². The van der Waals surface area contributed by atoms with Crippen molar-refractivity contribution < 1.29 is 19.0 Å². The van der Waals surface area contributed by atoms with Gasteiger partial charge >= 0.3 is 6.09 Å². The number of carbonyl (C=O) groups excluding carboxylic acids is 1. The first-order valence-corrected chi connectivity index (χ1v) is 7.01. The monoisotopic (exact) mass is 293 g/mol. The standard InChI is InChI=1S/C16H23NO4/c1-4-17-16(18)21-12-11-20-15-7-5-14(6-8-15)19-10-9-13(2)3/h5-9H,4,10-12H2,1-3H3,(H,17,18). The van der Waals surface area contributed by atoms with Gasteiger partial charge in [-0.3, -0.25) is 0 Å². The second-order valence-corrected chi connectivity index (χ2v) is 4.58. The number of benzene rings is 1. The predicted molar refractivity (Wildman–Crippen MR) is 81.9 cm³/mol. The van der Waals surface area contributed by atoms with E-state index in [9.17, 15) is 4.79 Å². The Hall–Kier alpha value is -2.17. The quantitative estimate of drug-likeness (QED) is 0.591. The Morgan fingerprint density at radius 2 is 1.71 bits per heavy atom. The maximum absolute atomic E-state index is 11.0. The summed E-state index contributed by atoms with van der Waals surface area (Å²) in [5, 5.41) is 2.54. The summed E-state index contributed by atoms with van der Waals surface area (Å²) in [7, 11) is 0. The van der Waals surface area contributed by atoms with Gasteiger partial charge in [0.15, 0.2) is 0 Å². The Balaban J connectivity index is 2.25. The van der Waals surface area contributed by atoms with Crippen LogP contribution in [-0.4, -0.2) is 32.5 Å². The Bertz CT molecular complexity index is 450. The molecular formula is C16H23NO4. The highest BCUT2D eigenvalue weighted by Gasteiger charge is 2.00. The van der Waals surface area contributed by atoms with Crippen LogP contribution in [0.3, 0.4) is 0 Å². The van der Waals surface area contributed by atoms with Gasteiger partial charge in [0.1, 0.15) is 31.3 Å². The fraction of sp³-hybridized carbons (Fsp3) is 0.438. The van der Waals surface area contributed by atoms with Crippen molar-refractivity contribution in [1.29, 1.82) is 0 Å². The Kier molecular flexibility index (Phi) is 7.79. The van der Waals surface area contributed by atoms with Crippen molar-refractivity contribution in [1.82, 2.24) is 5.32 Å². The minimum absolute atomic E-state index is 0.213. The topological polar surface area (TPSA) is 56.8 Å². The third kappa shape index (κ3) is 7.87. The lowest BCUT2D eigenvalue weighted by Gasteiger charge is -2.08. The van der Waals surface area contributed by atoms with Crippen molar-refractivity contribution in [3.05, 3.63) is 35.9 Å². The van der Waals surface area contributed by atoms with Gasteiger partial charge in [0.2, 0.25) is 0 Å². The molecule has 0 heterocycles. The summed E-state index contributed by atoms with van der Waals surface area (Å²) in [4.78, 5) is 11.0. The summed E-state index contributed by atoms with van der Waals surface area (Å²) in [6.07, 6.45) is 1.59. The van der Waals surface area contributed by atoms with Crippen LogP contribution in [0.25, 0.3) is 0 Å². The number of ether oxygens (including phenoxy) is 3. The molecule has 116 valence electrons. The van der Waals surface area contributed by atoms with E-state index in [0.717, 1.165) is 5.75 Å². The van der Waals surface area contributed by atoms with Crippen molar-refractivity contribution in [2.75, 3.05) is 26.4 Å². The molecule has 0 bridgehead atoms. The Morgan fingerprint density at radius 3 is 2.29 bits per heavy atom. The molecule has 0 unspecified atom stereocenters. The maximum Gasteiger partial charge on any atom is 0.407 e. The predicted octanol–water partition coefficient (Wildman–Crippen LogP) is 3.16. The van der Waals surface area contributed by atoms with Gasteiger partial charge in [-0.2, -0.15) is 0 Å². The zero-order chi connectivity index (χ0) is 15.5. The highest BCUT2D eigenvalue weighted by atomic mass is 16.6. The smallest absolute Gasteiger partial charge is 0.407 e. The second kappa shape index (κ2) is 9.69. The van der Waals surface area contributed by atoms with Gasteiger partial charge in [0, 0.05) is 6.54 Å². The fourth-order valence-electron chi connectivity index (χ4n) is 1.43. The van der Waals surface area contributed by atoms with E-state index in [1.807, 2.05) is 51.1 Å². The first-order chi connectivity index (χ1) is 10.1. The van der Waals surface area contributed by atoms with Crippen LogP contribution in [0, 0.1) is 0 Å². The van der Waals surface area contributed by atoms with Crippen molar-refractivity contribution >= 4 is 6.09 Å². The van der Waals surface area contributed by atoms with Crippen LogP contribution in [0.1, 0.15) is 20.8 Å². The summed E-state index contributed by atoms with van der Waals surface area (Å²) in [6, 6.07) is 7.34. The zero-order valence-corrected chi connectivity index (χ0v) is 12.8. The molecule has 0 aliphatic rings. The molecule has 0 saturated heterocycles. The second-order valence-electron chi connectivity index (χ2n) is 4.58. The molecule has 21 heavy (non-hydrogen) atoms. The van der Waals surface area contributed by atoms with E-state index in [1.54, 1.807) is 0 Å². The Morgan fingerprint density at radius 1 is 1.10 bits per heavy atom. The van der Waals surface area contributed by atoms with E-state index in [-0.39, 0.29) is 6.61 Å². The van der Waals surface area contributed by atoms with Crippen LogP contribution in [-0.2, 0) is 4.74 Å². The molecule has 0 fully saturated rings. The number of hydrogen-bond donors (Lipinski definition) is 1. The van der Waals surface area contributed by atoms with Crippen LogP contribution in [0.15, 0.2) is 35.9 Å². The molecule has 1 rings (SSSR count). The van der Waals surface area contributed by atoms with Crippen molar-refractivity contribution in [3.8, 4) is 11.5 Å². The van der Waals surface area contributed by atoms with Crippen LogP contribution < -0.4 is 14.8 Å². The largest absolute Gasteiger partial charge is 0.490 e. The number of alkyl carbamates (subject to hydrolysis) is 1. The van der Waals surface area contributed by atoms with Gasteiger partial charge in [-0.15, -0.1) is 0 Å². The van der Waals surface area contributed by atoms with E-state index in [2.05, 4.69) is 5.32 Å². The molecule has 0 radical (unpaired) electrons. The molecule has 0 aromatic heterocycles. The lowest BCUT2D eigenvalue weighted by molar-refractivity contribution is 0.125. The van der Waals surface area contributed by atoms with Crippen molar-refractivity contribution in [2.45, 2.75) is 20.8 Å². The molecule has 5 heteroatoms. The maximum atomic E-state index is 11.0. The van der Waals surface area contributed by atoms with Gasteiger partial charge in [-0.25, -0.2) is 4.79 Å². The van der Waals surface area contributed by atoms with Crippen molar-refractivity contribution in [3.63, 3.8) is 0 Å². The van der Waals surface area contributed by atoms with Crippen LogP contribution in [0.4, 0.5) is 4.79 Å². The number of allylic oxidation sites excluding steroid dienone is 1. The molecule has 1 amide bonds. The third-order valence-electron chi connectivity index (χ3n) is 2.47. The summed E-state index contributed by atoms with van der Waals surface area (Å²) in [5.41, 5.74) is 1.22. The van der Waals surface area contributed by atoms with E-state index < -0.39 is 6.09 Å². The van der Waals surface area contributed by atoms with E-state index in [0.29, 0.717) is 25.5 Å². The Labute approximate surface area is 125 Å². The molecule has 0 aliphatic heterocycles. The molecule has 0 atom stereocenters. The first-order valence-electron chi connectivity index (χ1n) is 7.01. The SMILES string of the molecule is CCNC(=O)OCCOc1ccc(OCC=C(C)C)cc1. The molecule has 0 spiro atoms. The summed E-state index contributed by atoms with van der Waals surface area (Å²) in [6.45, 7) is 7.53. The van der Waals surface area contributed by atoms with Crippen LogP contribution in [0.2, 0.25) is 0 Å². The summed E-state index contributed by atoms with van der Waals surface area (Å²) in [5.74, 6) is 1.50. The number of carbonyl (C=O) groups is 1. The summed E-state index contributed by atoms with van der Waals surface area (Å²) >= 11 is 0. The average Bonchev–Trinajstić information content (AvgIpc) is 2.45. The molecule has 1 N–H and O–H groups in total. The van der Waals surface area contributed by atoms with Gasteiger partial charge in [0.25, 0.3) is 0 Å².